The van der Waals surface area contributed by atoms with Crippen LogP contribution in [0.15, 0.2) is 0 Å². The van der Waals surface area contributed by atoms with Gasteiger partial charge in [0.05, 0.1) is 19.3 Å². The van der Waals surface area contributed by atoms with Crippen molar-refractivity contribution in [3.8, 4) is 6.07 Å². The molecule has 4 heteroatoms. The lowest BCUT2D eigenvalue weighted by atomic mass is 10.3. The first-order chi connectivity index (χ1) is 5.86. The lowest BCUT2D eigenvalue weighted by molar-refractivity contribution is -0.00715. The van der Waals surface area contributed by atoms with E-state index in [4.69, 9.17) is 14.7 Å². The van der Waals surface area contributed by atoms with Crippen LogP contribution in [0.1, 0.15) is 0 Å². The fourth-order valence-corrected chi connectivity index (χ4v) is 1.20. The molecule has 1 heterocycles. The van der Waals surface area contributed by atoms with Gasteiger partial charge in [-0.25, -0.2) is 0 Å². The number of methoxy groups -OCH3 is 1. The van der Waals surface area contributed by atoms with E-state index < -0.39 is 0 Å². The first kappa shape index (κ1) is 9.46. The summed E-state index contributed by atoms with van der Waals surface area (Å²) in [6.45, 7) is 3.87. The Morgan fingerprint density at radius 1 is 1.75 bits per heavy atom. The van der Waals surface area contributed by atoms with Gasteiger partial charge in [0.1, 0.15) is 0 Å². The molecule has 0 radical (unpaired) electrons. The second kappa shape index (κ2) is 5.09. The maximum Gasteiger partial charge on any atom is 0.156 e. The van der Waals surface area contributed by atoms with E-state index in [1.54, 1.807) is 7.11 Å². The van der Waals surface area contributed by atoms with E-state index in [0.717, 1.165) is 19.7 Å². The highest BCUT2D eigenvalue weighted by molar-refractivity contribution is 4.88. The van der Waals surface area contributed by atoms with E-state index >= 15 is 0 Å². The summed E-state index contributed by atoms with van der Waals surface area (Å²) in [5.41, 5.74) is 0. The van der Waals surface area contributed by atoms with Crippen LogP contribution in [0, 0.1) is 11.3 Å². The van der Waals surface area contributed by atoms with Crippen LogP contribution in [-0.2, 0) is 9.47 Å². The molecule has 1 saturated heterocycles. The number of morpholine rings is 1. The molecule has 0 aromatic rings. The minimum atomic E-state index is -0.254. The Hall–Kier alpha value is -0.630. The predicted octanol–water partition coefficient (Wildman–Crippen LogP) is -0.143. The van der Waals surface area contributed by atoms with Crippen LogP contribution in [-0.4, -0.2) is 51.0 Å². The molecule has 0 spiro atoms. The summed E-state index contributed by atoms with van der Waals surface area (Å²) >= 11 is 0. The Morgan fingerprint density at radius 2 is 2.58 bits per heavy atom. The molecule has 0 amide bonds. The zero-order valence-electron chi connectivity index (χ0n) is 7.32. The van der Waals surface area contributed by atoms with Gasteiger partial charge < -0.3 is 9.47 Å². The SMILES string of the molecule is COCCN1CCOC(C#N)C1. The Bertz CT molecular complexity index is 167. The molecule has 1 atom stereocenters. The highest BCUT2D eigenvalue weighted by Gasteiger charge is 2.18. The molecule has 1 aliphatic heterocycles. The fraction of sp³-hybridized carbons (Fsp3) is 0.875. The van der Waals surface area contributed by atoms with Gasteiger partial charge in [0.2, 0.25) is 0 Å². The van der Waals surface area contributed by atoms with Crippen LogP contribution in [0.4, 0.5) is 0 Å². The topological polar surface area (TPSA) is 45.5 Å². The number of hydrogen-bond donors (Lipinski definition) is 0. The Kier molecular flexibility index (Phi) is 4.01. The van der Waals surface area contributed by atoms with E-state index in [2.05, 4.69) is 11.0 Å². The van der Waals surface area contributed by atoms with Gasteiger partial charge in [-0.15, -0.1) is 0 Å². The fourth-order valence-electron chi connectivity index (χ4n) is 1.20. The molecule has 0 bridgehead atoms. The highest BCUT2D eigenvalue weighted by atomic mass is 16.5. The van der Waals surface area contributed by atoms with Crippen molar-refractivity contribution in [3.05, 3.63) is 0 Å². The highest BCUT2D eigenvalue weighted by Crippen LogP contribution is 2.03. The molecule has 4 nitrogen and oxygen atoms in total. The van der Waals surface area contributed by atoms with Gasteiger partial charge in [-0.3, -0.25) is 4.90 Å². The van der Waals surface area contributed by atoms with E-state index in [1.165, 1.54) is 0 Å². The summed E-state index contributed by atoms with van der Waals surface area (Å²) in [5.74, 6) is 0. The summed E-state index contributed by atoms with van der Waals surface area (Å²) in [6.07, 6.45) is -0.254. The van der Waals surface area contributed by atoms with Crippen LogP contribution < -0.4 is 0 Å². The lowest BCUT2D eigenvalue weighted by Crippen LogP contribution is -2.43. The van der Waals surface area contributed by atoms with Crippen molar-refractivity contribution in [1.29, 1.82) is 5.26 Å². The van der Waals surface area contributed by atoms with E-state index in [-0.39, 0.29) is 6.10 Å². The molecular formula is C8H14N2O2. The van der Waals surface area contributed by atoms with Crippen molar-refractivity contribution < 1.29 is 9.47 Å². The number of nitriles is 1. The first-order valence-corrected chi connectivity index (χ1v) is 4.09. The van der Waals surface area contributed by atoms with Crippen molar-refractivity contribution in [2.45, 2.75) is 6.10 Å². The number of hydrogen-bond acceptors (Lipinski definition) is 4. The molecule has 1 unspecified atom stereocenters. The molecule has 0 aromatic carbocycles. The van der Waals surface area contributed by atoms with Gasteiger partial charge in [-0.2, -0.15) is 5.26 Å². The van der Waals surface area contributed by atoms with E-state index in [0.29, 0.717) is 13.2 Å². The number of nitrogens with zero attached hydrogens (tertiary/aromatic N) is 2. The average molecular weight is 170 g/mol. The van der Waals surface area contributed by atoms with Crippen molar-refractivity contribution >= 4 is 0 Å². The standard InChI is InChI=1S/C8H14N2O2/c1-11-4-2-10-3-5-12-8(6-9)7-10/h8H,2-5,7H2,1H3. The Labute approximate surface area is 72.7 Å². The van der Waals surface area contributed by atoms with Crippen LogP contribution >= 0.6 is 0 Å². The second-order valence-electron chi connectivity index (χ2n) is 2.78. The van der Waals surface area contributed by atoms with E-state index in [9.17, 15) is 0 Å². The minimum absolute atomic E-state index is 0.254. The van der Waals surface area contributed by atoms with Crippen molar-refractivity contribution in [3.63, 3.8) is 0 Å². The number of rotatable bonds is 3. The molecule has 12 heavy (non-hydrogen) atoms. The first-order valence-electron chi connectivity index (χ1n) is 4.09. The largest absolute Gasteiger partial charge is 0.383 e. The molecule has 68 valence electrons. The van der Waals surface area contributed by atoms with Crippen LogP contribution in [0.25, 0.3) is 0 Å². The predicted molar refractivity (Wildman–Crippen MR) is 43.7 cm³/mol. The van der Waals surface area contributed by atoms with Gasteiger partial charge >= 0.3 is 0 Å². The summed E-state index contributed by atoms with van der Waals surface area (Å²) < 4.78 is 10.1. The third-order valence-electron chi connectivity index (χ3n) is 1.91. The number of ether oxygens (including phenoxy) is 2. The molecule has 1 fully saturated rings. The van der Waals surface area contributed by atoms with Crippen molar-refractivity contribution in [1.82, 2.24) is 4.90 Å². The van der Waals surface area contributed by atoms with E-state index in [1.807, 2.05) is 0 Å². The zero-order valence-corrected chi connectivity index (χ0v) is 7.32. The van der Waals surface area contributed by atoms with Gasteiger partial charge in [0.15, 0.2) is 6.10 Å². The van der Waals surface area contributed by atoms with Gasteiger partial charge in [0, 0.05) is 26.7 Å². The quantitative estimate of drug-likeness (QED) is 0.591. The summed E-state index contributed by atoms with van der Waals surface area (Å²) in [6, 6.07) is 2.11. The van der Waals surface area contributed by atoms with Crippen molar-refractivity contribution in [2.75, 3.05) is 40.0 Å². The summed E-state index contributed by atoms with van der Waals surface area (Å²) in [4.78, 5) is 2.18. The maximum absolute atomic E-state index is 8.60. The summed E-state index contributed by atoms with van der Waals surface area (Å²) in [7, 11) is 1.68. The second-order valence-corrected chi connectivity index (χ2v) is 2.78. The van der Waals surface area contributed by atoms with Crippen molar-refractivity contribution in [2.24, 2.45) is 0 Å². The van der Waals surface area contributed by atoms with Crippen LogP contribution in [0.2, 0.25) is 0 Å². The van der Waals surface area contributed by atoms with Gasteiger partial charge in [0.25, 0.3) is 0 Å². The molecule has 1 aliphatic rings. The minimum Gasteiger partial charge on any atom is -0.383 e. The molecule has 0 aliphatic carbocycles. The normalized spacial score (nSPS) is 25.2. The lowest BCUT2D eigenvalue weighted by Gasteiger charge is -2.29. The maximum atomic E-state index is 8.60. The van der Waals surface area contributed by atoms with Gasteiger partial charge in [-0.1, -0.05) is 0 Å². The van der Waals surface area contributed by atoms with Crippen LogP contribution in [0.3, 0.4) is 0 Å². The summed E-state index contributed by atoms with van der Waals surface area (Å²) in [5, 5.41) is 8.60. The molecule has 0 saturated carbocycles. The smallest absolute Gasteiger partial charge is 0.156 e. The molecule has 0 aromatic heterocycles. The Balaban J connectivity index is 2.22. The molecule has 0 N–H and O–H groups in total. The zero-order chi connectivity index (χ0) is 8.81. The molecule has 1 rings (SSSR count). The Morgan fingerprint density at radius 3 is 3.25 bits per heavy atom. The molecular weight excluding hydrogens is 156 g/mol. The average Bonchev–Trinajstić information content (AvgIpc) is 2.15. The third kappa shape index (κ3) is 2.78. The third-order valence-corrected chi connectivity index (χ3v) is 1.91. The van der Waals surface area contributed by atoms with Crippen LogP contribution in [0.5, 0.6) is 0 Å². The van der Waals surface area contributed by atoms with Gasteiger partial charge in [-0.05, 0) is 0 Å². The monoisotopic (exact) mass is 170 g/mol.